The van der Waals surface area contributed by atoms with Crippen LogP contribution < -0.4 is 15.4 Å². The van der Waals surface area contributed by atoms with Crippen molar-refractivity contribution in [2.45, 2.75) is 23.3 Å². The molecule has 3 N–H and O–H groups in total. The maximum Gasteiger partial charge on any atom is 0.242 e. The molecule has 2 atom stereocenters. The van der Waals surface area contributed by atoms with Crippen molar-refractivity contribution in [3.8, 4) is 0 Å². The number of piperidine rings is 1. The van der Waals surface area contributed by atoms with Crippen LogP contribution in [0.15, 0.2) is 83.8 Å². The van der Waals surface area contributed by atoms with Crippen molar-refractivity contribution in [3.05, 3.63) is 100 Å². The molecule has 0 unspecified atom stereocenters. The van der Waals surface area contributed by atoms with E-state index in [1.54, 1.807) is 0 Å². The first kappa shape index (κ1) is 25.7. The van der Waals surface area contributed by atoms with Crippen LogP contribution in [0.3, 0.4) is 0 Å². The lowest BCUT2D eigenvalue weighted by Crippen LogP contribution is -2.52. The van der Waals surface area contributed by atoms with E-state index < -0.39 is 16.1 Å². The van der Waals surface area contributed by atoms with Crippen molar-refractivity contribution < 1.29 is 13.2 Å². The van der Waals surface area contributed by atoms with Gasteiger partial charge in [0.2, 0.25) is 15.9 Å². The molecular weight excluding hydrogens is 505 g/mol. The molecule has 0 aromatic heterocycles. The van der Waals surface area contributed by atoms with Crippen LogP contribution in [-0.2, 0) is 14.8 Å². The van der Waals surface area contributed by atoms with Gasteiger partial charge >= 0.3 is 0 Å². The molecular formula is C26H27Cl2N3O3S. The third-order valence-electron chi connectivity index (χ3n) is 6.11. The normalized spacial score (nSPS) is 18.4. The minimum atomic E-state index is -3.90. The van der Waals surface area contributed by atoms with Crippen LogP contribution in [-0.4, -0.2) is 40.0 Å². The molecule has 0 bridgehead atoms. The minimum Gasteiger partial charge on any atom is -0.355 e. The largest absolute Gasteiger partial charge is 0.355 e. The van der Waals surface area contributed by atoms with Gasteiger partial charge < -0.3 is 10.6 Å². The first-order chi connectivity index (χ1) is 16.8. The maximum atomic E-state index is 13.1. The topological polar surface area (TPSA) is 87.3 Å². The maximum absolute atomic E-state index is 13.1. The Morgan fingerprint density at radius 2 is 1.57 bits per heavy atom. The standard InChI is InChI=1S/C26H27Cl2N3O3S/c27-21-11-12-24(28)25(14-21)35(33,34)31-22-13-20(15-29-16-22)26(32)30-17-23(18-7-3-1-4-8-18)19-9-5-2-6-10-19/h1-12,14,20,22-23,29,31H,13,15-17H2,(H,30,32)/t20-,22-/m0/s1. The summed E-state index contributed by atoms with van der Waals surface area (Å²) in [6.45, 7) is 1.33. The smallest absolute Gasteiger partial charge is 0.242 e. The molecule has 1 fully saturated rings. The lowest BCUT2D eigenvalue weighted by molar-refractivity contribution is -0.125. The van der Waals surface area contributed by atoms with Gasteiger partial charge in [0, 0.05) is 36.6 Å². The van der Waals surface area contributed by atoms with Crippen molar-refractivity contribution in [1.82, 2.24) is 15.4 Å². The summed E-state index contributed by atoms with van der Waals surface area (Å²) in [6.07, 6.45) is 0.373. The van der Waals surface area contributed by atoms with Crippen LogP contribution in [0.2, 0.25) is 10.0 Å². The first-order valence-electron chi connectivity index (χ1n) is 11.4. The number of carbonyl (C=O) groups excluding carboxylic acids is 1. The fourth-order valence-corrected chi connectivity index (χ4v) is 6.35. The molecule has 1 aliphatic heterocycles. The highest BCUT2D eigenvalue weighted by molar-refractivity contribution is 7.89. The first-order valence-corrected chi connectivity index (χ1v) is 13.6. The fourth-order valence-electron chi connectivity index (χ4n) is 4.34. The zero-order chi connectivity index (χ0) is 24.8. The summed E-state index contributed by atoms with van der Waals surface area (Å²) in [5, 5.41) is 6.62. The van der Waals surface area contributed by atoms with E-state index in [9.17, 15) is 13.2 Å². The Kier molecular flexibility index (Phi) is 8.46. The second kappa shape index (κ2) is 11.5. The van der Waals surface area contributed by atoms with Crippen molar-refractivity contribution in [2.75, 3.05) is 19.6 Å². The highest BCUT2D eigenvalue weighted by Crippen LogP contribution is 2.26. The fraction of sp³-hybridized carbons (Fsp3) is 0.269. The number of hydrogen-bond donors (Lipinski definition) is 3. The molecule has 1 heterocycles. The molecule has 6 nitrogen and oxygen atoms in total. The number of amides is 1. The van der Waals surface area contributed by atoms with Gasteiger partial charge in [0.15, 0.2) is 0 Å². The molecule has 0 radical (unpaired) electrons. The molecule has 3 aromatic rings. The molecule has 0 spiro atoms. The number of halogens is 2. The Balaban J connectivity index is 1.41. The summed E-state index contributed by atoms with van der Waals surface area (Å²) in [4.78, 5) is 13.0. The van der Waals surface area contributed by atoms with Gasteiger partial charge in [0.25, 0.3) is 0 Å². The van der Waals surface area contributed by atoms with Crippen LogP contribution >= 0.6 is 23.2 Å². The van der Waals surface area contributed by atoms with Crippen LogP contribution in [0.5, 0.6) is 0 Å². The quantitative estimate of drug-likeness (QED) is 0.406. The number of nitrogens with one attached hydrogen (secondary N) is 3. The predicted molar refractivity (Wildman–Crippen MR) is 139 cm³/mol. The van der Waals surface area contributed by atoms with Crippen LogP contribution in [0, 0.1) is 5.92 Å². The van der Waals surface area contributed by atoms with Gasteiger partial charge in [0.05, 0.1) is 10.9 Å². The number of sulfonamides is 1. The van der Waals surface area contributed by atoms with Crippen molar-refractivity contribution in [1.29, 1.82) is 0 Å². The van der Waals surface area contributed by atoms with Gasteiger partial charge in [-0.3, -0.25) is 4.79 Å². The molecule has 0 saturated carbocycles. The Labute approximate surface area is 216 Å². The van der Waals surface area contributed by atoms with E-state index in [0.717, 1.165) is 11.1 Å². The van der Waals surface area contributed by atoms with E-state index in [-0.39, 0.29) is 32.7 Å². The van der Waals surface area contributed by atoms with Gasteiger partial charge in [-0.05, 0) is 35.7 Å². The van der Waals surface area contributed by atoms with E-state index in [1.165, 1.54) is 18.2 Å². The van der Waals surface area contributed by atoms with Crippen LogP contribution in [0.4, 0.5) is 0 Å². The molecule has 3 aromatic carbocycles. The molecule has 1 saturated heterocycles. The SMILES string of the molecule is O=C(NCC(c1ccccc1)c1ccccc1)[C@@H]1CNC[C@@H](NS(=O)(=O)c2cc(Cl)ccc2Cl)C1. The van der Waals surface area contributed by atoms with E-state index >= 15 is 0 Å². The third-order valence-corrected chi connectivity index (χ3v) is 8.35. The second-order valence-electron chi connectivity index (χ2n) is 8.60. The number of carbonyl (C=O) groups is 1. The summed E-state index contributed by atoms with van der Waals surface area (Å²) in [6, 6.07) is 23.9. The second-order valence-corrected chi connectivity index (χ2v) is 11.1. The Morgan fingerprint density at radius 1 is 0.943 bits per heavy atom. The number of rotatable bonds is 8. The van der Waals surface area contributed by atoms with Crippen molar-refractivity contribution in [3.63, 3.8) is 0 Å². The Hall–Kier alpha value is -2.42. The summed E-state index contributed by atoms with van der Waals surface area (Å²) in [5.41, 5.74) is 2.23. The average molecular weight is 532 g/mol. The monoisotopic (exact) mass is 531 g/mol. The zero-order valence-corrected chi connectivity index (χ0v) is 21.3. The van der Waals surface area contributed by atoms with E-state index in [1.807, 2.05) is 36.4 Å². The molecule has 9 heteroatoms. The van der Waals surface area contributed by atoms with E-state index in [4.69, 9.17) is 23.2 Å². The summed E-state index contributed by atoms with van der Waals surface area (Å²) >= 11 is 12.1. The molecule has 4 rings (SSSR count). The third kappa shape index (κ3) is 6.63. The van der Waals surface area contributed by atoms with E-state index in [0.29, 0.717) is 26.1 Å². The Morgan fingerprint density at radius 3 is 2.20 bits per heavy atom. The van der Waals surface area contributed by atoms with Gasteiger partial charge in [-0.2, -0.15) is 0 Å². The van der Waals surface area contributed by atoms with E-state index in [2.05, 4.69) is 39.6 Å². The average Bonchev–Trinajstić information content (AvgIpc) is 2.86. The summed E-state index contributed by atoms with van der Waals surface area (Å²) in [7, 11) is -3.90. The minimum absolute atomic E-state index is 0.0113. The number of hydrogen-bond acceptors (Lipinski definition) is 4. The molecule has 184 valence electrons. The van der Waals surface area contributed by atoms with Gasteiger partial charge in [-0.1, -0.05) is 83.9 Å². The van der Waals surface area contributed by atoms with Gasteiger partial charge in [0.1, 0.15) is 4.90 Å². The summed E-state index contributed by atoms with van der Waals surface area (Å²) in [5.74, 6) is -0.477. The molecule has 0 aliphatic carbocycles. The summed E-state index contributed by atoms with van der Waals surface area (Å²) < 4.78 is 28.5. The van der Waals surface area contributed by atoms with Crippen LogP contribution in [0.25, 0.3) is 0 Å². The Bertz CT molecular complexity index is 1220. The molecule has 1 amide bonds. The van der Waals surface area contributed by atoms with Gasteiger partial charge in [-0.25, -0.2) is 13.1 Å². The lowest BCUT2D eigenvalue weighted by atomic mass is 9.90. The highest BCUT2D eigenvalue weighted by atomic mass is 35.5. The number of benzene rings is 3. The molecule has 35 heavy (non-hydrogen) atoms. The highest BCUT2D eigenvalue weighted by Gasteiger charge is 2.31. The molecule has 1 aliphatic rings. The van der Waals surface area contributed by atoms with Gasteiger partial charge in [-0.15, -0.1) is 0 Å². The lowest BCUT2D eigenvalue weighted by Gasteiger charge is -2.30. The van der Waals surface area contributed by atoms with Crippen molar-refractivity contribution >= 4 is 39.1 Å². The zero-order valence-electron chi connectivity index (χ0n) is 19.0. The predicted octanol–water partition coefficient (Wildman–Crippen LogP) is 4.20. The van der Waals surface area contributed by atoms with Crippen LogP contribution in [0.1, 0.15) is 23.5 Å². The van der Waals surface area contributed by atoms with Crippen molar-refractivity contribution in [2.24, 2.45) is 5.92 Å².